The predicted molar refractivity (Wildman–Crippen MR) is 120 cm³/mol. The number of carbonyl (C=O) groups is 1. The fourth-order valence-electron chi connectivity index (χ4n) is 2.77. The Balaban J connectivity index is 1.73. The van der Waals surface area contributed by atoms with Gasteiger partial charge in [0.05, 0.1) is 6.61 Å². The third-order valence-corrected chi connectivity index (χ3v) is 4.41. The third kappa shape index (κ3) is 8.13. The molecule has 30 heavy (non-hydrogen) atoms. The first-order valence-corrected chi connectivity index (χ1v) is 10.1. The molecule has 2 aromatic rings. The number of benzene rings is 2. The number of amides is 1. The highest BCUT2D eigenvalue weighted by Crippen LogP contribution is 2.20. The lowest BCUT2D eigenvalue weighted by molar-refractivity contribution is 0.0953. The van der Waals surface area contributed by atoms with Crippen LogP contribution in [0.25, 0.3) is 0 Å². The van der Waals surface area contributed by atoms with E-state index in [-0.39, 0.29) is 5.91 Å². The number of ether oxygens (including phenoxy) is 2. The Hall–Kier alpha value is -3.06. The van der Waals surface area contributed by atoms with E-state index in [1.165, 1.54) is 0 Å². The number of rotatable bonds is 11. The quantitative estimate of drug-likeness (QED) is 0.300. The van der Waals surface area contributed by atoms with Gasteiger partial charge in [-0.05, 0) is 37.1 Å². The Kier molecular flexibility index (Phi) is 10.2. The van der Waals surface area contributed by atoms with Crippen molar-refractivity contribution in [3.63, 3.8) is 0 Å². The molecule has 0 aliphatic heterocycles. The highest BCUT2D eigenvalue weighted by Gasteiger charge is 2.06. The van der Waals surface area contributed by atoms with Gasteiger partial charge in [0.1, 0.15) is 12.4 Å². The van der Waals surface area contributed by atoms with Crippen molar-refractivity contribution >= 4 is 11.9 Å². The molecule has 0 spiro atoms. The molecule has 1 amide bonds. The van der Waals surface area contributed by atoms with E-state index in [1.54, 1.807) is 26.3 Å². The Morgan fingerprint density at radius 2 is 1.77 bits per heavy atom. The van der Waals surface area contributed by atoms with Crippen LogP contribution in [0.1, 0.15) is 27.9 Å². The molecule has 0 saturated carbocycles. The minimum Gasteiger partial charge on any atom is -0.491 e. The minimum atomic E-state index is -0.0570. The molecule has 0 aliphatic carbocycles. The number of hydrogen-bond donors (Lipinski definition) is 3. The summed E-state index contributed by atoms with van der Waals surface area (Å²) in [4.78, 5) is 16.3. The van der Waals surface area contributed by atoms with E-state index in [4.69, 9.17) is 9.47 Å². The summed E-state index contributed by atoms with van der Waals surface area (Å²) in [6.07, 6.45) is 0.787. The molecule has 2 aromatic carbocycles. The highest BCUT2D eigenvalue weighted by molar-refractivity contribution is 5.94. The Bertz CT molecular complexity index is 809. The van der Waals surface area contributed by atoms with Crippen LogP contribution in [-0.4, -0.2) is 52.3 Å². The van der Waals surface area contributed by atoms with Crippen molar-refractivity contribution in [3.8, 4) is 5.75 Å². The summed E-state index contributed by atoms with van der Waals surface area (Å²) in [6, 6.07) is 15.4. The summed E-state index contributed by atoms with van der Waals surface area (Å²) >= 11 is 0. The summed E-state index contributed by atoms with van der Waals surface area (Å²) in [5.74, 6) is 1.49. The first-order valence-electron chi connectivity index (χ1n) is 10.1. The fourth-order valence-corrected chi connectivity index (χ4v) is 2.77. The zero-order valence-electron chi connectivity index (χ0n) is 18.0. The van der Waals surface area contributed by atoms with E-state index in [9.17, 15) is 4.79 Å². The van der Waals surface area contributed by atoms with Crippen LogP contribution in [0.15, 0.2) is 53.5 Å². The summed E-state index contributed by atoms with van der Waals surface area (Å²) in [6.45, 7) is 4.97. The van der Waals surface area contributed by atoms with Crippen LogP contribution in [0.4, 0.5) is 0 Å². The molecular weight excluding hydrogens is 380 g/mol. The van der Waals surface area contributed by atoms with E-state index >= 15 is 0 Å². The van der Waals surface area contributed by atoms with Gasteiger partial charge in [-0.2, -0.15) is 0 Å². The maximum Gasteiger partial charge on any atom is 0.251 e. The van der Waals surface area contributed by atoms with Crippen LogP contribution >= 0.6 is 0 Å². The first kappa shape index (κ1) is 23.2. The molecular formula is C23H32N4O3. The molecule has 7 heteroatoms. The van der Waals surface area contributed by atoms with Crippen molar-refractivity contribution in [2.24, 2.45) is 4.99 Å². The zero-order chi connectivity index (χ0) is 21.6. The molecule has 3 N–H and O–H groups in total. The van der Waals surface area contributed by atoms with Crippen molar-refractivity contribution in [3.05, 3.63) is 65.2 Å². The first-order chi connectivity index (χ1) is 14.6. The Labute approximate surface area is 178 Å². The topological polar surface area (TPSA) is 84.0 Å². The monoisotopic (exact) mass is 412 g/mol. The van der Waals surface area contributed by atoms with E-state index in [0.29, 0.717) is 44.4 Å². The molecule has 0 heterocycles. The maximum absolute atomic E-state index is 12.0. The van der Waals surface area contributed by atoms with Crippen LogP contribution in [0, 0.1) is 6.92 Å². The van der Waals surface area contributed by atoms with E-state index in [0.717, 1.165) is 23.3 Å². The van der Waals surface area contributed by atoms with Gasteiger partial charge in [0.2, 0.25) is 0 Å². The van der Waals surface area contributed by atoms with Gasteiger partial charge in [0.25, 0.3) is 5.91 Å². The van der Waals surface area contributed by atoms with Gasteiger partial charge in [-0.15, -0.1) is 0 Å². The van der Waals surface area contributed by atoms with Crippen LogP contribution in [0.3, 0.4) is 0 Å². The number of carbonyl (C=O) groups excluding carboxylic acids is 1. The normalized spacial score (nSPS) is 11.1. The Morgan fingerprint density at radius 1 is 1.00 bits per heavy atom. The zero-order valence-corrected chi connectivity index (χ0v) is 18.0. The second kappa shape index (κ2) is 13.2. The van der Waals surface area contributed by atoms with Crippen LogP contribution < -0.4 is 20.7 Å². The molecule has 0 aromatic heterocycles. The van der Waals surface area contributed by atoms with Gasteiger partial charge in [0.15, 0.2) is 5.96 Å². The van der Waals surface area contributed by atoms with Crippen molar-refractivity contribution in [2.45, 2.75) is 19.9 Å². The number of guanidine groups is 1. The second-order valence-corrected chi connectivity index (χ2v) is 6.78. The smallest absolute Gasteiger partial charge is 0.251 e. The fraction of sp³-hybridized carbons (Fsp3) is 0.391. The van der Waals surface area contributed by atoms with E-state index < -0.39 is 0 Å². The largest absolute Gasteiger partial charge is 0.491 e. The third-order valence-electron chi connectivity index (χ3n) is 4.41. The van der Waals surface area contributed by atoms with Gasteiger partial charge in [-0.25, -0.2) is 0 Å². The lowest BCUT2D eigenvalue weighted by atomic mass is 10.1. The summed E-state index contributed by atoms with van der Waals surface area (Å²) in [7, 11) is 3.39. The molecule has 0 aliphatic rings. The van der Waals surface area contributed by atoms with Crippen LogP contribution in [0.5, 0.6) is 5.75 Å². The summed E-state index contributed by atoms with van der Waals surface area (Å²) in [5, 5.41) is 9.48. The van der Waals surface area contributed by atoms with Gasteiger partial charge < -0.3 is 25.4 Å². The number of methoxy groups -OCH3 is 1. The Morgan fingerprint density at radius 3 is 2.50 bits per heavy atom. The molecule has 0 bridgehead atoms. The van der Waals surface area contributed by atoms with Crippen molar-refractivity contribution in [1.29, 1.82) is 0 Å². The molecule has 0 fully saturated rings. The van der Waals surface area contributed by atoms with Crippen molar-refractivity contribution < 1.29 is 14.3 Å². The number of nitrogens with zero attached hydrogens (tertiary/aromatic N) is 1. The number of nitrogens with one attached hydrogen (secondary N) is 3. The SMILES string of the molecule is CN=C(NCCCNC(=O)c1ccccc1)NCc1ccc(C)cc1OCCOC. The molecule has 0 saturated heterocycles. The lowest BCUT2D eigenvalue weighted by Gasteiger charge is -2.15. The van der Waals surface area contributed by atoms with Gasteiger partial charge in [-0.1, -0.05) is 30.3 Å². The molecule has 0 unspecified atom stereocenters. The molecule has 162 valence electrons. The van der Waals surface area contributed by atoms with Crippen LogP contribution in [-0.2, 0) is 11.3 Å². The average Bonchev–Trinajstić information content (AvgIpc) is 2.77. The van der Waals surface area contributed by atoms with E-state index in [1.807, 2.05) is 31.2 Å². The highest BCUT2D eigenvalue weighted by atomic mass is 16.5. The average molecular weight is 413 g/mol. The van der Waals surface area contributed by atoms with Gasteiger partial charge in [0, 0.05) is 44.9 Å². The minimum absolute atomic E-state index is 0.0570. The molecule has 7 nitrogen and oxygen atoms in total. The number of aliphatic imine (C=N–C) groups is 1. The summed E-state index contributed by atoms with van der Waals surface area (Å²) < 4.78 is 10.9. The predicted octanol–water partition coefficient (Wildman–Crippen LogP) is 2.51. The summed E-state index contributed by atoms with van der Waals surface area (Å²) in [5.41, 5.74) is 2.87. The van der Waals surface area contributed by atoms with Gasteiger partial charge >= 0.3 is 0 Å². The van der Waals surface area contributed by atoms with Crippen LogP contribution in [0.2, 0.25) is 0 Å². The lowest BCUT2D eigenvalue weighted by Crippen LogP contribution is -2.38. The molecule has 0 radical (unpaired) electrons. The second-order valence-electron chi connectivity index (χ2n) is 6.78. The maximum atomic E-state index is 12.0. The molecule has 2 rings (SSSR count). The number of aryl methyl sites for hydroxylation is 1. The molecule has 0 atom stereocenters. The van der Waals surface area contributed by atoms with E-state index in [2.05, 4.69) is 33.1 Å². The van der Waals surface area contributed by atoms with Crippen molar-refractivity contribution in [2.75, 3.05) is 40.5 Å². The standard InChI is InChI=1S/C23H32N4O3/c1-18-10-11-20(21(16-18)30-15-14-29-3)17-27-23(24-2)26-13-7-12-25-22(28)19-8-5-4-6-9-19/h4-6,8-11,16H,7,12-15,17H2,1-3H3,(H,25,28)(H2,24,26,27). The van der Waals surface area contributed by atoms with Gasteiger partial charge in [-0.3, -0.25) is 9.79 Å². The number of hydrogen-bond acceptors (Lipinski definition) is 4. The van der Waals surface area contributed by atoms with Crippen molar-refractivity contribution in [1.82, 2.24) is 16.0 Å².